The molecule has 4 rings (SSSR count). The number of rotatable bonds is 5. The summed E-state index contributed by atoms with van der Waals surface area (Å²) in [6, 6.07) is 16.5. The number of benzene rings is 3. The van der Waals surface area contributed by atoms with E-state index in [1.165, 1.54) is 6.07 Å². The molecule has 0 bridgehead atoms. The average Bonchev–Trinajstić information content (AvgIpc) is 3.24. The lowest BCUT2D eigenvalue weighted by Gasteiger charge is -2.22. The first-order valence-corrected chi connectivity index (χ1v) is 10.1. The standard InChI is InChI=1S/C22H20BrFN2O2/c23-21-16-7-2-1-6-15(16)10-11-19(21)28-14-20(27)25-22-17(24)8-5-9-18(22)26-12-3-4-13-26/h1-2,5-11H,3-4,12-14H2,(H,25,27). The Labute approximate surface area is 171 Å². The van der Waals surface area contributed by atoms with Crippen LogP contribution < -0.4 is 15.0 Å². The number of nitrogens with zero attached hydrogens (tertiary/aromatic N) is 1. The van der Waals surface area contributed by atoms with Gasteiger partial charge in [0.1, 0.15) is 17.3 Å². The van der Waals surface area contributed by atoms with Crippen LogP contribution in [0.1, 0.15) is 12.8 Å². The molecule has 3 aromatic rings. The molecule has 4 nitrogen and oxygen atoms in total. The van der Waals surface area contributed by atoms with Gasteiger partial charge in [-0.1, -0.05) is 36.4 Å². The predicted molar refractivity (Wildman–Crippen MR) is 114 cm³/mol. The van der Waals surface area contributed by atoms with E-state index in [0.717, 1.165) is 46.9 Å². The minimum Gasteiger partial charge on any atom is -0.483 e. The summed E-state index contributed by atoms with van der Waals surface area (Å²) < 4.78 is 20.9. The lowest BCUT2D eigenvalue weighted by molar-refractivity contribution is -0.118. The van der Waals surface area contributed by atoms with Gasteiger partial charge in [-0.3, -0.25) is 4.79 Å². The van der Waals surface area contributed by atoms with Crippen molar-refractivity contribution in [3.8, 4) is 5.75 Å². The molecule has 1 aliphatic rings. The molecule has 6 heteroatoms. The highest BCUT2D eigenvalue weighted by Crippen LogP contribution is 2.34. The SMILES string of the molecule is O=C(COc1ccc2ccccc2c1Br)Nc1c(F)cccc1N1CCCC1. The first-order valence-electron chi connectivity index (χ1n) is 9.27. The number of anilines is 2. The fraction of sp³-hybridized carbons (Fsp3) is 0.227. The second-order valence-electron chi connectivity index (χ2n) is 6.76. The van der Waals surface area contributed by atoms with Crippen LogP contribution in [0.25, 0.3) is 10.8 Å². The molecule has 1 aliphatic heterocycles. The number of fused-ring (bicyclic) bond motifs is 1. The maximum atomic E-state index is 14.4. The minimum absolute atomic E-state index is 0.204. The molecule has 1 fully saturated rings. The Hall–Kier alpha value is -2.60. The monoisotopic (exact) mass is 442 g/mol. The number of halogens is 2. The van der Waals surface area contributed by atoms with Crippen LogP contribution in [0.4, 0.5) is 15.8 Å². The Morgan fingerprint density at radius 3 is 2.68 bits per heavy atom. The summed E-state index contributed by atoms with van der Waals surface area (Å²) in [5, 5.41) is 4.77. The van der Waals surface area contributed by atoms with Crippen LogP contribution in [0.2, 0.25) is 0 Å². The van der Waals surface area contributed by atoms with Gasteiger partial charge >= 0.3 is 0 Å². The number of ether oxygens (including phenoxy) is 1. The van der Waals surface area contributed by atoms with Crippen molar-refractivity contribution in [3.63, 3.8) is 0 Å². The summed E-state index contributed by atoms with van der Waals surface area (Å²) in [6.45, 7) is 1.53. The third-order valence-electron chi connectivity index (χ3n) is 4.89. The number of carbonyl (C=O) groups excluding carboxylic acids is 1. The summed E-state index contributed by atoms with van der Waals surface area (Å²) in [6.07, 6.45) is 2.14. The largest absolute Gasteiger partial charge is 0.483 e. The topological polar surface area (TPSA) is 41.6 Å². The van der Waals surface area contributed by atoms with Crippen LogP contribution in [-0.4, -0.2) is 25.6 Å². The zero-order chi connectivity index (χ0) is 19.5. The smallest absolute Gasteiger partial charge is 0.262 e. The molecule has 0 aromatic heterocycles. The van der Waals surface area contributed by atoms with Crippen molar-refractivity contribution in [2.24, 2.45) is 0 Å². The third kappa shape index (κ3) is 3.83. The van der Waals surface area contributed by atoms with Gasteiger partial charge in [-0.05, 0) is 57.7 Å². The first-order chi connectivity index (χ1) is 13.6. The van der Waals surface area contributed by atoms with E-state index in [-0.39, 0.29) is 12.3 Å². The molecule has 0 spiro atoms. The van der Waals surface area contributed by atoms with E-state index in [1.54, 1.807) is 6.07 Å². The number of amides is 1. The average molecular weight is 443 g/mol. The van der Waals surface area contributed by atoms with Crippen LogP contribution in [0.3, 0.4) is 0 Å². The summed E-state index contributed by atoms with van der Waals surface area (Å²) in [5.74, 6) is -0.266. The summed E-state index contributed by atoms with van der Waals surface area (Å²) in [7, 11) is 0. The molecule has 1 heterocycles. The zero-order valence-electron chi connectivity index (χ0n) is 15.3. The van der Waals surface area contributed by atoms with Gasteiger partial charge in [0, 0.05) is 13.1 Å². The molecular weight excluding hydrogens is 423 g/mol. The van der Waals surface area contributed by atoms with E-state index < -0.39 is 11.7 Å². The Morgan fingerprint density at radius 1 is 1.07 bits per heavy atom. The van der Waals surface area contributed by atoms with Crippen molar-refractivity contribution in [1.82, 2.24) is 0 Å². The highest BCUT2D eigenvalue weighted by molar-refractivity contribution is 9.10. The van der Waals surface area contributed by atoms with E-state index >= 15 is 0 Å². The normalized spacial score (nSPS) is 13.7. The molecule has 0 radical (unpaired) electrons. The molecule has 0 aliphatic carbocycles. The quantitative estimate of drug-likeness (QED) is 0.578. The molecule has 0 saturated carbocycles. The maximum Gasteiger partial charge on any atom is 0.262 e. The van der Waals surface area contributed by atoms with Gasteiger partial charge in [-0.2, -0.15) is 0 Å². The highest BCUT2D eigenvalue weighted by atomic mass is 79.9. The second-order valence-corrected chi connectivity index (χ2v) is 7.56. The van der Waals surface area contributed by atoms with Crippen LogP contribution >= 0.6 is 15.9 Å². The molecule has 144 valence electrons. The van der Waals surface area contributed by atoms with Crippen molar-refractivity contribution < 1.29 is 13.9 Å². The minimum atomic E-state index is -0.440. The van der Waals surface area contributed by atoms with E-state index in [2.05, 4.69) is 26.1 Å². The van der Waals surface area contributed by atoms with Gasteiger partial charge in [-0.15, -0.1) is 0 Å². The summed E-state index contributed by atoms with van der Waals surface area (Å²) in [4.78, 5) is 14.5. The third-order valence-corrected chi connectivity index (χ3v) is 5.71. The van der Waals surface area contributed by atoms with Crippen LogP contribution in [0.15, 0.2) is 59.1 Å². The predicted octanol–water partition coefficient (Wildman–Crippen LogP) is 5.36. The highest BCUT2D eigenvalue weighted by Gasteiger charge is 2.20. The first kappa shape index (κ1) is 18.7. The van der Waals surface area contributed by atoms with Gasteiger partial charge in [0.05, 0.1) is 10.2 Å². The van der Waals surface area contributed by atoms with E-state index in [0.29, 0.717) is 5.75 Å². The lowest BCUT2D eigenvalue weighted by Crippen LogP contribution is -2.24. The van der Waals surface area contributed by atoms with Crippen LogP contribution in [0.5, 0.6) is 5.75 Å². The molecule has 28 heavy (non-hydrogen) atoms. The fourth-order valence-corrected chi connectivity index (χ4v) is 4.11. The number of nitrogens with one attached hydrogen (secondary N) is 1. The Bertz CT molecular complexity index is 1020. The van der Waals surface area contributed by atoms with Crippen molar-refractivity contribution >= 4 is 44.0 Å². The van der Waals surface area contributed by atoms with E-state index in [9.17, 15) is 9.18 Å². The molecule has 1 N–H and O–H groups in total. The number of carbonyl (C=O) groups is 1. The molecular formula is C22H20BrFN2O2. The van der Waals surface area contributed by atoms with E-state index in [1.807, 2.05) is 42.5 Å². The second kappa shape index (κ2) is 8.19. The Kier molecular flexibility index (Phi) is 5.48. The van der Waals surface area contributed by atoms with Gasteiger partial charge < -0.3 is 15.0 Å². The zero-order valence-corrected chi connectivity index (χ0v) is 16.8. The molecule has 0 unspecified atom stereocenters. The van der Waals surface area contributed by atoms with Gasteiger partial charge in [-0.25, -0.2) is 4.39 Å². The molecule has 1 amide bonds. The van der Waals surface area contributed by atoms with Crippen molar-refractivity contribution in [2.45, 2.75) is 12.8 Å². The van der Waals surface area contributed by atoms with Crippen LogP contribution in [0, 0.1) is 5.82 Å². The summed E-state index contributed by atoms with van der Waals surface area (Å²) >= 11 is 3.54. The molecule has 1 saturated heterocycles. The number of hydrogen-bond donors (Lipinski definition) is 1. The van der Waals surface area contributed by atoms with Gasteiger partial charge in [0.25, 0.3) is 5.91 Å². The maximum absolute atomic E-state index is 14.4. The van der Waals surface area contributed by atoms with Crippen LogP contribution in [-0.2, 0) is 4.79 Å². The van der Waals surface area contributed by atoms with Crippen molar-refractivity contribution in [1.29, 1.82) is 0 Å². The molecule has 0 atom stereocenters. The van der Waals surface area contributed by atoms with Crippen molar-refractivity contribution in [2.75, 3.05) is 29.9 Å². The lowest BCUT2D eigenvalue weighted by atomic mass is 10.1. The van der Waals surface area contributed by atoms with E-state index in [4.69, 9.17) is 4.74 Å². The van der Waals surface area contributed by atoms with Gasteiger partial charge in [0.2, 0.25) is 0 Å². The summed E-state index contributed by atoms with van der Waals surface area (Å²) in [5.41, 5.74) is 0.938. The van der Waals surface area contributed by atoms with Gasteiger partial charge in [0.15, 0.2) is 6.61 Å². The fourth-order valence-electron chi connectivity index (χ4n) is 3.50. The van der Waals surface area contributed by atoms with Crippen molar-refractivity contribution in [3.05, 3.63) is 64.9 Å². The Morgan fingerprint density at radius 2 is 1.86 bits per heavy atom. The molecule has 3 aromatic carbocycles. The number of hydrogen-bond acceptors (Lipinski definition) is 3. The Balaban J connectivity index is 1.48. The number of para-hydroxylation sites is 1.